The Bertz CT molecular complexity index is 922. The third-order valence-corrected chi connectivity index (χ3v) is 6.57. The van der Waals surface area contributed by atoms with Crippen LogP contribution < -0.4 is 5.32 Å². The molecule has 2 aliphatic rings. The number of halogens is 1. The standard InChI is InChI=1S/C24H27FN2O3/c1-16(18-4-6-19(7-5-18)23(29)30)26-22(28)21-14-24(10-11-24)12-13-27(21)15-17-2-8-20(25)9-3-17/h2-9,16,21H,10-15H2,1H3,(H,26,28)(H,29,30). The SMILES string of the molecule is CC(NC(=O)C1CC2(CCN1Cc1ccc(F)cc1)CC2)c1ccc(C(=O)O)cc1. The topological polar surface area (TPSA) is 69.6 Å². The first kappa shape index (κ1) is 20.5. The van der Waals surface area contributed by atoms with E-state index in [1.165, 1.54) is 25.0 Å². The molecule has 2 aromatic rings. The zero-order valence-electron chi connectivity index (χ0n) is 17.1. The first-order chi connectivity index (χ1) is 14.3. The van der Waals surface area contributed by atoms with E-state index >= 15 is 0 Å². The number of benzene rings is 2. The molecule has 1 saturated heterocycles. The summed E-state index contributed by atoms with van der Waals surface area (Å²) in [6, 6.07) is 12.6. The van der Waals surface area contributed by atoms with Gasteiger partial charge < -0.3 is 10.4 Å². The number of hydrogen-bond acceptors (Lipinski definition) is 3. The van der Waals surface area contributed by atoms with Crippen LogP contribution in [-0.2, 0) is 11.3 Å². The highest BCUT2D eigenvalue weighted by atomic mass is 19.1. The van der Waals surface area contributed by atoms with Gasteiger partial charge in [0.1, 0.15) is 5.82 Å². The van der Waals surface area contributed by atoms with Gasteiger partial charge in [-0.1, -0.05) is 24.3 Å². The molecule has 5 nitrogen and oxygen atoms in total. The van der Waals surface area contributed by atoms with Crippen molar-refractivity contribution >= 4 is 11.9 Å². The van der Waals surface area contributed by atoms with Crippen molar-refractivity contribution in [3.8, 4) is 0 Å². The number of aromatic carboxylic acids is 1. The van der Waals surface area contributed by atoms with E-state index in [-0.39, 0.29) is 29.4 Å². The van der Waals surface area contributed by atoms with Crippen LogP contribution in [0.4, 0.5) is 4.39 Å². The number of carboxylic acid groups (broad SMARTS) is 1. The molecule has 1 aliphatic carbocycles. The predicted molar refractivity (Wildman–Crippen MR) is 111 cm³/mol. The molecule has 2 aromatic carbocycles. The summed E-state index contributed by atoms with van der Waals surface area (Å²) in [6.07, 6.45) is 4.33. The first-order valence-corrected chi connectivity index (χ1v) is 10.5. The minimum atomic E-state index is -0.966. The lowest BCUT2D eigenvalue weighted by Crippen LogP contribution is -2.51. The van der Waals surface area contributed by atoms with E-state index < -0.39 is 5.97 Å². The quantitative estimate of drug-likeness (QED) is 0.751. The molecule has 2 atom stereocenters. The number of nitrogens with one attached hydrogen (secondary N) is 1. The highest BCUT2D eigenvalue weighted by molar-refractivity contribution is 5.87. The van der Waals surface area contributed by atoms with E-state index in [1.807, 2.05) is 6.92 Å². The average molecular weight is 410 g/mol. The maximum Gasteiger partial charge on any atom is 0.335 e. The van der Waals surface area contributed by atoms with E-state index in [2.05, 4.69) is 10.2 Å². The Morgan fingerprint density at radius 2 is 1.80 bits per heavy atom. The van der Waals surface area contributed by atoms with Crippen LogP contribution in [-0.4, -0.2) is 34.5 Å². The number of rotatable bonds is 6. The Morgan fingerprint density at radius 1 is 1.13 bits per heavy atom. The second kappa shape index (κ2) is 8.19. The summed E-state index contributed by atoms with van der Waals surface area (Å²) in [6.45, 7) is 3.39. The number of carbonyl (C=O) groups is 2. The Kier molecular flexibility index (Phi) is 5.60. The summed E-state index contributed by atoms with van der Waals surface area (Å²) in [5.74, 6) is -1.23. The van der Waals surface area contributed by atoms with Crippen molar-refractivity contribution in [3.63, 3.8) is 0 Å². The zero-order valence-corrected chi connectivity index (χ0v) is 17.1. The minimum absolute atomic E-state index is 0.00195. The maximum atomic E-state index is 13.2. The fraction of sp³-hybridized carbons (Fsp3) is 0.417. The van der Waals surface area contributed by atoms with Gasteiger partial charge in [0.15, 0.2) is 0 Å². The number of carboxylic acids is 1. The van der Waals surface area contributed by atoms with Crippen LogP contribution in [0.15, 0.2) is 48.5 Å². The van der Waals surface area contributed by atoms with Crippen molar-refractivity contribution in [1.29, 1.82) is 0 Å². The highest BCUT2D eigenvalue weighted by Crippen LogP contribution is 2.55. The predicted octanol–water partition coefficient (Wildman–Crippen LogP) is 4.15. The van der Waals surface area contributed by atoms with Crippen LogP contribution in [0, 0.1) is 11.2 Å². The van der Waals surface area contributed by atoms with Gasteiger partial charge in [0.25, 0.3) is 0 Å². The number of amides is 1. The molecule has 1 amide bonds. The Hall–Kier alpha value is -2.73. The number of carbonyl (C=O) groups excluding carboxylic acids is 1. The molecule has 1 spiro atoms. The lowest BCUT2D eigenvalue weighted by Gasteiger charge is -2.39. The largest absolute Gasteiger partial charge is 0.478 e. The highest BCUT2D eigenvalue weighted by Gasteiger charge is 2.49. The fourth-order valence-corrected chi connectivity index (χ4v) is 4.39. The lowest BCUT2D eigenvalue weighted by molar-refractivity contribution is -0.129. The Balaban J connectivity index is 1.45. The van der Waals surface area contributed by atoms with Crippen molar-refractivity contribution in [3.05, 3.63) is 71.0 Å². The van der Waals surface area contributed by atoms with Gasteiger partial charge in [-0.15, -0.1) is 0 Å². The molecule has 2 unspecified atom stereocenters. The van der Waals surface area contributed by atoms with Crippen molar-refractivity contribution in [1.82, 2.24) is 10.2 Å². The summed E-state index contributed by atoms with van der Waals surface area (Å²) in [7, 11) is 0. The molecular formula is C24H27FN2O3. The van der Waals surface area contributed by atoms with Gasteiger partial charge in [0.2, 0.25) is 5.91 Å². The summed E-state index contributed by atoms with van der Waals surface area (Å²) >= 11 is 0. The summed E-state index contributed by atoms with van der Waals surface area (Å²) < 4.78 is 13.2. The number of piperidine rings is 1. The molecule has 0 bridgehead atoms. The molecule has 0 radical (unpaired) electrons. The van der Waals surface area contributed by atoms with E-state index in [0.29, 0.717) is 12.0 Å². The summed E-state index contributed by atoms with van der Waals surface area (Å²) in [4.78, 5) is 26.5. The molecule has 1 aliphatic heterocycles. The second-order valence-electron chi connectivity index (χ2n) is 8.72. The van der Waals surface area contributed by atoms with Crippen LogP contribution in [0.25, 0.3) is 0 Å². The van der Waals surface area contributed by atoms with Crippen LogP contribution in [0.5, 0.6) is 0 Å². The van der Waals surface area contributed by atoms with E-state index in [9.17, 15) is 14.0 Å². The second-order valence-corrected chi connectivity index (χ2v) is 8.72. The third-order valence-electron chi connectivity index (χ3n) is 6.57. The zero-order chi connectivity index (χ0) is 21.3. The molecule has 6 heteroatoms. The normalized spacial score (nSPS) is 21.2. The fourth-order valence-electron chi connectivity index (χ4n) is 4.39. The molecule has 4 rings (SSSR count). The molecule has 0 aromatic heterocycles. The van der Waals surface area contributed by atoms with Crippen molar-refractivity contribution in [2.45, 2.75) is 51.2 Å². The minimum Gasteiger partial charge on any atom is -0.478 e. The third kappa shape index (κ3) is 4.54. The van der Waals surface area contributed by atoms with Gasteiger partial charge in [-0.3, -0.25) is 9.69 Å². The van der Waals surface area contributed by atoms with Crippen LogP contribution >= 0.6 is 0 Å². The van der Waals surface area contributed by atoms with Gasteiger partial charge in [-0.25, -0.2) is 9.18 Å². The van der Waals surface area contributed by atoms with Gasteiger partial charge in [0.05, 0.1) is 17.6 Å². The molecular weight excluding hydrogens is 383 g/mol. The van der Waals surface area contributed by atoms with Gasteiger partial charge in [-0.2, -0.15) is 0 Å². The number of nitrogens with zero attached hydrogens (tertiary/aromatic N) is 1. The molecule has 30 heavy (non-hydrogen) atoms. The van der Waals surface area contributed by atoms with Gasteiger partial charge in [-0.05, 0) is 80.0 Å². The summed E-state index contributed by atoms with van der Waals surface area (Å²) in [5, 5.41) is 12.2. The van der Waals surface area contributed by atoms with E-state index in [1.54, 1.807) is 36.4 Å². The Labute approximate surface area is 175 Å². The smallest absolute Gasteiger partial charge is 0.335 e. The average Bonchev–Trinajstić information content (AvgIpc) is 3.50. The number of likely N-dealkylation sites (tertiary alicyclic amines) is 1. The van der Waals surface area contributed by atoms with Crippen molar-refractivity contribution in [2.75, 3.05) is 6.54 Å². The monoisotopic (exact) mass is 410 g/mol. The van der Waals surface area contributed by atoms with Crippen LogP contribution in [0.3, 0.4) is 0 Å². The van der Waals surface area contributed by atoms with E-state index in [0.717, 1.165) is 30.5 Å². The van der Waals surface area contributed by atoms with Crippen LogP contribution in [0.2, 0.25) is 0 Å². The molecule has 2 fully saturated rings. The van der Waals surface area contributed by atoms with Crippen molar-refractivity contribution in [2.24, 2.45) is 5.41 Å². The molecule has 2 N–H and O–H groups in total. The molecule has 158 valence electrons. The first-order valence-electron chi connectivity index (χ1n) is 10.5. The Morgan fingerprint density at radius 3 is 2.40 bits per heavy atom. The molecule has 1 heterocycles. The molecule has 1 saturated carbocycles. The van der Waals surface area contributed by atoms with Gasteiger partial charge >= 0.3 is 5.97 Å². The van der Waals surface area contributed by atoms with E-state index in [4.69, 9.17) is 5.11 Å². The maximum absolute atomic E-state index is 13.2. The number of hydrogen-bond donors (Lipinski definition) is 2. The summed E-state index contributed by atoms with van der Waals surface area (Å²) in [5.41, 5.74) is 2.41. The lowest BCUT2D eigenvalue weighted by atomic mass is 9.87. The van der Waals surface area contributed by atoms with Gasteiger partial charge in [0, 0.05) is 6.54 Å². The van der Waals surface area contributed by atoms with Crippen molar-refractivity contribution < 1.29 is 19.1 Å². The van der Waals surface area contributed by atoms with Crippen LogP contribution in [0.1, 0.15) is 60.1 Å².